The molecule has 0 aliphatic heterocycles. The van der Waals surface area contributed by atoms with Crippen molar-refractivity contribution in [3.8, 4) is 11.3 Å². The highest BCUT2D eigenvalue weighted by Gasteiger charge is 2.48. The lowest BCUT2D eigenvalue weighted by atomic mass is 9.67. The molecule has 0 N–H and O–H groups in total. The van der Waals surface area contributed by atoms with Crippen LogP contribution >= 0.6 is 0 Å². The van der Waals surface area contributed by atoms with Crippen molar-refractivity contribution in [3.63, 3.8) is 0 Å². The van der Waals surface area contributed by atoms with Crippen molar-refractivity contribution in [1.82, 2.24) is 9.97 Å². The Morgan fingerprint density at radius 1 is 0.562 bits per heavy atom. The van der Waals surface area contributed by atoms with Gasteiger partial charge in [0.2, 0.25) is 0 Å². The summed E-state index contributed by atoms with van der Waals surface area (Å²) in [6.45, 7) is 16.5. The fourth-order valence-corrected chi connectivity index (χ4v) is 13.3. The number of fused-ring (bicyclic) bond motifs is 10. The van der Waals surface area contributed by atoms with Gasteiger partial charge in [-0.15, -0.1) is 0 Å². The molecule has 0 saturated heterocycles. The zero-order valence-corrected chi connectivity index (χ0v) is 37.6. The quantitative estimate of drug-likeness (QED) is 0.162. The normalized spacial score (nSPS) is 22.5. The van der Waals surface area contributed by atoms with Crippen LogP contribution in [0.4, 0.5) is 0 Å². The summed E-state index contributed by atoms with van der Waals surface area (Å²) in [4.78, 5) is 11.8. The fourth-order valence-electron chi connectivity index (χ4n) is 13.3. The van der Waals surface area contributed by atoms with Gasteiger partial charge in [0.1, 0.15) is 0 Å². The zero-order chi connectivity index (χ0) is 43.2. The van der Waals surface area contributed by atoms with Gasteiger partial charge in [-0.05, 0) is 134 Å². The summed E-state index contributed by atoms with van der Waals surface area (Å²) < 4.78 is 0. The summed E-state index contributed by atoms with van der Waals surface area (Å²) in [6, 6.07) is 44.5. The first kappa shape index (κ1) is 36.8. The molecule has 4 atom stereocenters. The molecule has 0 bridgehead atoms. The molecular weight excluding hydrogens is 773 g/mol. The molecule has 0 fully saturated rings. The summed E-state index contributed by atoms with van der Waals surface area (Å²) in [5.41, 5.74) is 19.0. The van der Waals surface area contributed by atoms with Gasteiger partial charge in [-0.3, -0.25) is 4.98 Å². The minimum atomic E-state index is -0.131. The van der Waals surface area contributed by atoms with E-state index in [4.69, 9.17) is 9.97 Å². The lowest BCUT2D eigenvalue weighted by molar-refractivity contribution is 0.394. The maximum Gasteiger partial charge on any atom is 0.0753 e. The lowest BCUT2D eigenvalue weighted by Gasteiger charge is -2.37. The Balaban J connectivity index is 1.12. The van der Waals surface area contributed by atoms with Crippen LogP contribution in [0.3, 0.4) is 0 Å². The molecule has 4 unspecified atom stereocenters. The van der Waals surface area contributed by atoms with Gasteiger partial charge < -0.3 is 0 Å². The van der Waals surface area contributed by atoms with Crippen LogP contribution < -0.4 is 10.4 Å². The number of aromatic nitrogens is 2. The topological polar surface area (TPSA) is 25.8 Å². The van der Waals surface area contributed by atoms with E-state index < -0.39 is 0 Å². The van der Waals surface area contributed by atoms with Gasteiger partial charge in [-0.2, -0.15) is 0 Å². The van der Waals surface area contributed by atoms with Crippen molar-refractivity contribution in [2.24, 2.45) is 11.8 Å². The molecule has 0 saturated carbocycles. The second kappa shape index (κ2) is 12.1. The van der Waals surface area contributed by atoms with Crippen LogP contribution in [0.25, 0.3) is 72.4 Å². The Kier molecular flexibility index (Phi) is 6.97. The number of benzene rings is 6. The highest BCUT2D eigenvalue weighted by molar-refractivity contribution is 6.36. The Bertz CT molecular complexity index is 3730. The Hall–Kier alpha value is -6.64. The molecule has 6 aliphatic rings. The van der Waals surface area contributed by atoms with Crippen LogP contribution in [-0.2, 0) is 16.2 Å². The average molecular weight is 823 g/mol. The highest BCUT2D eigenvalue weighted by Crippen LogP contribution is 2.63. The van der Waals surface area contributed by atoms with Crippen LogP contribution in [0.15, 0.2) is 145 Å². The number of hydrogen-bond acceptors (Lipinski definition) is 2. The molecule has 6 aromatic carbocycles. The Morgan fingerprint density at radius 3 is 2.17 bits per heavy atom. The smallest absolute Gasteiger partial charge is 0.0753 e. The number of pyridine rings is 2. The predicted molar refractivity (Wildman–Crippen MR) is 267 cm³/mol. The van der Waals surface area contributed by atoms with E-state index in [-0.39, 0.29) is 34.0 Å². The summed E-state index contributed by atoms with van der Waals surface area (Å²) in [6.07, 6.45) is 14.4. The lowest BCUT2D eigenvalue weighted by Crippen LogP contribution is -2.33. The van der Waals surface area contributed by atoms with Crippen molar-refractivity contribution in [1.29, 1.82) is 0 Å². The first-order chi connectivity index (χ1) is 30.9. The third kappa shape index (κ3) is 4.61. The van der Waals surface area contributed by atoms with Gasteiger partial charge in [0.15, 0.2) is 0 Å². The van der Waals surface area contributed by atoms with E-state index in [1.165, 1.54) is 110 Å². The van der Waals surface area contributed by atoms with Crippen molar-refractivity contribution in [3.05, 3.63) is 206 Å². The molecule has 14 rings (SSSR count). The van der Waals surface area contributed by atoms with Crippen molar-refractivity contribution >= 4 is 61.2 Å². The molecule has 2 heteroatoms. The average Bonchev–Trinajstić information content (AvgIpc) is 3.83. The molecule has 0 spiro atoms. The van der Waals surface area contributed by atoms with Crippen LogP contribution in [0.2, 0.25) is 0 Å². The molecule has 6 aliphatic carbocycles. The minimum Gasteiger partial charge on any atom is -0.256 e. The van der Waals surface area contributed by atoms with Gasteiger partial charge in [0, 0.05) is 40.0 Å². The van der Waals surface area contributed by atoms with Gasteiger partial charge in [0.05, 0.1) is 17.1 Å². The standard InChI is InChI=1S/C62H50N2/c1-60(2,3)38-28-36-21-20-33-22-23-41-53-44(32-37(29-38)51(36)52(33)53)57-55(50-27-25-48-59(64-50)40-17-11-13-19-46(40)62(48,6)7)43-31-35-15-9-8-14-34(35)30-42(43)54(56(41)57)49-26-24-47-58(63-49)39-16-10-12-18-45(39)61(47,4)5/h8-32,39,42,45,54H,1-7H3. The van der Waals surface area contributed by atoms with Crippen LogP contribution in [0, 0.1) is 11.8 Å². The van der Waals surface area contributed by atoms with E-state index in [2.05, 4.69) is 200 Å². The molecule has 2 aromatic heterocycles. The third-order valence-corrected chi connectivity index (χ3v) is 16.6. The second-order valence-electron chi connectivity index (χ2n) is 21.7. The fraction of sp³-hybridized carbons (Fsp3) is 0.226. The van der Waals surface area contributed by atoms with Crippen molar-refractivity contribution < 1.29 is 0 Å². The number of nitrogens with zero attached hydrogens (tertiary/aromatic N) is 2. The van der Waals surface area contributed by atoms with E-state index in [1.54, 1.807) is 0 Å². The first-order valence-corrected chi connectivity index (χ1v) is 23.4. The van der Waals surface area contributed by atoms with Gasteiger partial charge in [-0.25, -0.2) is 4.98 Å². The molecule has 308 valence electrons. The van der Waals surface area contributed by atoms with E-state index >= 15 is 0 Å². The summed E-state index contributed by atoms with van der Waals surface area (Å²) >= 11 is 0. The van der Waals surface area contributed by atoms with Gasteiger partial charge in [-0.1, -0.05) is 176 Å². The summed E-state index contributed by atoms with van der Waals surface area (Å²) in [5, 5.41) is 10.6. The molecule has 2 nitrogen and oxygen atoms in total. The number of rotatable bonds is 2. The van der Waals surface area contributed by atoms with E-state index in [0.29, 0.717) is 5.92 Å². The minimum absolute atomic E-state index is 0.00525. The predicted octanol–water partition coefficient (Wildman–Crippen LogP) is 13.5. The summed E-state index contributed by atoms with van der Waals surface area (Å²) in [5.74, 6) is 0.673. The second-order valence-corrected chi connectivity index (χ2v) is 21.7. The van der Waals surface area contributed by atoms with Crippen LogP contribution in [-0.4, -0.2) is 9.97 Å². The third-order valence-electron chi connectivity index (χ3n) is 16.6. The molecule has 8 aromatic rings. The monoisotopic (exact) mass is 822 g/mol. The van der Waals surface area contributed by atoms with Crippen LogP contribution in [0.1, 0.15) is 111 Å². The van der Waals surface area contributed by atoms with Gasteiger partial charge >= 0.3 is 0 Å². The highest BCUT2D eigenvalue weighted by atomic mass is 14.8. The first-order valence-electron chi connectivity index (χ1n) is 23.4. The van der Waals surface area contributed by atoms with Crippen molar-refractivity contribution in [2.75, 3.05) is 0 Å². The maximum absolute atomic E-state index is 5.91. The van der Waals surface area contributed by atoms with E-state index in [9.17, 15) is 0 Å². The van der Waals surface area contributed by atoms with E-state index in [0.717, 1.165) is 17.1 Å². The Labute approximate surface area is 375 Å². The zero-order valence-electron chi connectivity index (χ0n) is 37.6. The summed E-state index contributed by atoms with van der Waals surface area (Å²) in [7, 11) is 0. The molecular formula is C62H50N2. The number of allylic oxidation sites excluding steroid dienone is 8. The largest absolute Gasteiger partial charge is 0.256 e. The molecule has 0 radical (unpaired) electrons. The van der Waals surface area contributed by atoms with Crippen molar-refractivity contribution in [2.45, 2.75) is 76.5 Å². The molecule has 2 heterocycles. The van der Waals surface area contributed by atoms with Gasteiger partial charge in [0.25, 0.3) is 0 Å². The van der Waals surface area contributed by atoms with E-state index in [1.807, 2.05) is 0 Å². The Morgan fingerprint density at radius 2 is 1.31 bits per heavy atom. The number of hydrogen-bond donors (Lipinski definition) is 0. The van der Waals surface area contributed by atoms with Crippen LogP contribution in [0.5, 0.6) is 0 Å². The SMILES string of the molecule is CC(C)(C)c1cc2ccc3ccc4c5c(cc(c1)c2c35)C1=C4C(c2ccc3c(n2)C2C=CC=CC2C3(C)C)C2C=c3ccccc3=CC2=C1c1ccc2c(n1)-c1ccccc1C2(C)C. The molecule has 64 heavy (non-hydrogen) atoms. The molecule has 0 amide bonds. The maximum atomic E-state index is 5.91.